The zero-order valence-electron chi connectivity index (χ0n) is 30.3. The first-order valence-corrected chi connectivity index (χ1v) is 21.1. The molecule has 0 N–H and O–H groups in total. The Morgan fingerprint density at radius 2 is 1.30 bits per heavy atom. The van der Waals surface area contributed by atoms with Crippen molar-refractivity contribution in [2.75, 3.05) is 16.5 Å². The van der Waals surface area contributed by atoms with Crippen LogP contribution >= 0.6 is 0 Å². The van der Waals surface area contributed by atoms with E-state index in [-0.39, 0.29) is 21.1 Å². The summed E-state index contributed by atoms with van der Waals surface area (Å²) < 4.78 is 2.30. The minimum absolute atomic E-state index is 0. The van der Waals surface area contributed by atoms with E-state index in [4.69, 9.17) is 4.98 Å². The van der Waals surface area contributed by atoms with E-state index in [1.807, 2.05) is 6.20 Å². The molecule has 0 fully saturated rings. The van der Waals surface area contributed by atoms with Crippen LogP contribution in [0.1, 0.15) is 13.8 Å². The van der Waals surface area contributed by atoms with Crippen molar-refractivity contribution in [2.24, 2.45) is 0 Å². The van der Waals surface area contributed by atoms with Gasteiger partial charge in [0, 0.05) is 17.8 Å². The molecule has 9 rings (SSSR count). The van der Waals surface area contributed by atoms with Crippen LogP contribution in [0.4, 0.5) is 17.1 Å². The van der Waals surface area contributed by atoms with Crippen molar-refractivity contribution in [2.45, 2.75) is 33.0 Å². The van der Waals surface area contributed by atoms with Gasteiger partial charge in [0.15, 0.2) is 0 Å². The summed E-state index contributed by atoms with van der Waals surface area (Å²) >= 11 is 0. The quantitative estimate of drug-likeness (QED) is 0.118. The van der Waals surface area contributed by atoms with Crippen LogP contribution in [0.15, 0.2) is 152 Å². The number of hydrogen-bond acceptors (Lipinski definition) is 3. The van der Waals surface area contributed by atoms with Crippen LogP contribution in [0.25, 0.3) is 49.9 Å². The largest absolute Gasteiger partial charge is 2.00 e. The van der Waals surface area contributed by atoms with E-state index in [1.54, 1.807) is 0 Å². The number of fused-ring (bicyclic) bond motifs is 4. The third-order valence-electron chi connectivity index (χ3n) is 10.7. The first kappa shape index (κ1) is 34.8. The summed E-state index contributed by atoms with van der Waals surface area (Å²) in [5.74, 6) is 0.885. The fourth-order valence-electron chi connectivity index (χ4n) is 7.82. The molecule has 8 aromatic rings. The van der Waals surface area contributed by atoms with E-state index >= 15 is 0 Å². The Morgan fingerprint density at radius 1 is 0.623 bits per heavy atom. The van der Waals surface area contributed by atoms with Gasteiger partial charge in [-0.2, -0.15) is 46.8 Å². The van der Waals surface area contributed by atoms with Crippen LogP contribution in [0.5, 0.6) is 0 Å². The van der Waals surface area contributed by atoms with Crippen molar-refractivity contribution in [1.29, 1.82) is 0 Å². The molecule has 0 bridgehead atoms. The smallest absolute Gasteiger partial charge is 0.349 e. The molecular weight excluding hydrogens is 844 g/mol. The van der Waals surface area contributed by atoms with E-state index in [2.05, 4.69) is 199 Å². The average Bonchev–Trinajstić information content (AvgIpc) is 3.75. The van der Waals surface area contributed by atoms with E-state index in [9.17, 15) is 0 Å². The number of aromatic nitrogens is 2. The Kier molecular flexibility index (Phi) is 9.18. The minimum atomic E-state index is -2.25. The van der Waals surface area contributed by atoms with Crippen molar-refractivity contribution >= 4 is 57.3 Å². The zero-order valence-corrected chi connectivity index (χ0v) is 33.6. The Hall–Kier alpha value is -5.22. The topological polar surface area (TPSA) is 24.3 Å². The molecule has 0 amide bonds. The third-order valence-corrected chi connectivity index (χ3v) is 14.0. The molecule has 0 saturated heterocycles. The molecule has 0 aliphatic carbocycles. The number of para-hydroxylation sites is 3. The van der Waals surface area contributed by atoms with Gasteiger partial charge < -0.3 is 14.4 Å². The van der Waals surface area contributed by atoms with E-state index in [0.717, 1.165) is 34.8 Å². The summed E-state index contributed by atoms with van der Waals surface area (Å²) in [4.78, 5) is 9.86. The maximum atomic E-state index is 4.99. The molecule has 6 aromatic carbocycles. The summed E-state index contributed by atoms with van der Waals surface area (Å²) in [6, 6.07) is 60.5. The van der Waals surface area contributed by atoms with E-state index in [0.29, 0.717) is 6.04 Å². The summed E-state index contributed by atoms with van der Waals surface area (Å²) in [5, 5.41) is 4.89. The Bertz CT molecular complexity index is 2590. The van der Waals surface area contributed by atoms with Gasteiger partial charge >= 0.3 is 21.1 Å². The van der Waals surface area contributed by atoms with Crippen LogP contribution in [0, 0.1) is 12.1 Å². The van der Waals surface area contributed by atoms with Crippen LogP contribution in [-0.2, 0) is 21.1 Å². The molecule has 262 valence electrons. The Balaban J connectivity index is 0.00000400. The maximum absolute atomic E-state index is 4.99. The standard InChI is InChI=1S/C47H40N4Si.Pt/c1-33(2)49-32-50(45-24-13-12-23-44(45)49)36-17-14-18-37(30-36)52(3,4)38-25-26-42-41-21-10-11-22-43(41)51(46(42)31-38)47-29-35(27-28-48-47)40-20-9-8-19-39(40)34-15-6-5-7-16-34;/h5-29,33H,32H2,1-4H3;/q-2;+2. The number of pyridine rings is 1. The van der Waals surface area contributed by atoms with Gasteiger partial charge in [0.1, 0.15) is 5.82 Å². The van der Waals surface area contributed by atoms with Gasteiger partial charge in [-0.3, -0.25) is 0 Å². The van der Waals surface area contributed by atoms with Crippen LogP contribution in [0.2, 0.25) is 13.1 Å². The SMILES string of the molecule is CC(C)N1CN(c2[c-]c([Si](C)(C)c3[c-]c4c(cc3)c3ccccc3n4-c3cc(-c4ccccc4-c4ccccc4)ccn3)ccc2)c2ccccc21.[Pt+2]. The van der Waals surface area contributed by atoms with Crippen molar-refractivity contribution in [3.05, 3.63) is 164 Å². The maximum Gasteiger partial charge on any atom is 2.00 e. The number of rotatable bonds is 7. The van der Waals surface area contributed by atoms with Gasteiger partial charge in [0.05, 0.1) is 26.1 Å². The third kappa shape index (κ3) is 6.02. The van der Waals surface area contributed by atoms with E-state index in [1.165, 1.54) is 49.2 Å². The van der Waals surface area contributed by atoms with Crippen molar-refractivity contribution in [3.8, 4) is 28.1 Å². The minimum Gasteiger partial charge on any atom is -0.349 e. The predicted molar refractivity (Wildman–Crippen MR) is 221 cm³/mol. The van der Waals surface area contributed by atoms with Crippen molar-refractivity contribution < 1.29 is 21.1 Å². The fraction of sp³-hybridized carbons (Fsp3) is 0.128. The second kappa shape index (κ2) is 14.0. The summed E-state index contributed by atoms with van der Waals surface area (Å²) in [6.07, 6.45) is 1.94. The second-order valence-corrected chi connectivity index (χ2v) is 18.8. The van der Waals surface area contributed by atoms with Crippen molar-refractivity contribution in [1.82, 2.24) is 9.55 Å². The molecular formula is C47H40N4PtSi. The van der Waals surface area contributed by atoms with Gasteiger partial charge in [-0.05, 0) is 71.8 Å². The Morgan fingerprint density at radius 3 is 2.09 bits per heavy atom. The van der Waals surface area contributed by atoms with Crippen LogP contribution < -0.4 is 20.2 Å². The Labute approximate surface area is 327 Å². The summed E-state index contributed by atoms with van der Waals surface area (Å²) in [5.41, 5.74) is 10.5. The molecule has 3 heterocycles. The number of hydrogen-bond donors (Lipinski definition) is 0. The summed E-state index contributed by atoms with van der Waals surface area (Å²) in [6.45, 7) is 10.2. The number of anilines is 3. The molecule has 4 nitrogen and oxygen atoms in total. The molecule has 1 aliphatic heterocycles. The molecule has 6 heteroatoms. The van der Waals surface area contributed by atoms with Gasteiger partial charge in [-0.1, -0.05) is 109 Å². The van der Waals surface area contributed by atoms with E-state index < -0.39 is 8.07 Å². The number of benzene rings is 6. The summed E-state index contributed by atoms with van der Waals surface area (Å²) in [7, 11) is -2.25. The second-order valence-electron chi connectivity index (χ2n) is 14.5. The molecule has 0 saturated carbocycles. The average molecular weight is 884 g/mol. The molecule has 2 aromatic heterocycles. The van der Waals surface area contributed by atoms with Gasteiger partial charge in [-0.25, -0.2) is 4.98 Å². The van der Waals surface area contributed by atoms with Gasteiger partial charge in [-0.15, -0.1) is 11.5 Å². The molecule has 53 heavy (non-hydrogen) atoms. The monoisotopic (exact) mass is 883 g/mol. The van der Waals surface area contributed by atoms with Crippen LogP contribution in [0.3, 0.4) is 0 Å². The predicted octanol–water partition coefficient (Wildman–Crippen LogP) is 10.3. The van der Waals surface area contributed by atoms with Gasteiger partial charge in [0.2, 0.25) is 0 Å². The first-order chi connectivity index (χ1) is 25.4. The van der Waals surface area contributed by atoms with Crippen LogP contribution in [-0.4, -0.2) is 30.3 Å². The van der Waals surface area contributed by atoms with Crippen molar-refractivity contribution in [3.63, 3.8) is 0 Å². The zero-order chi connectivity index (χ0) is 35.4. The molecule has 0 unspecified atom stereocenters. The van der Waals surface area contributed by atoms with Gasteiger partial charge in [0.25, 0.3) is 0 Å². The first-order valence-electron chi connectivity index (χ1n) is 18.1. The number of nitrogens with zero attached hydrogens (tertiary/aromatic N) is 4. The molecule has 0 spiro atoms. The molecule has 0 radical (unpaired) electrons. The fourth-order valence-corrected chi connectivity index (χ4v) is 9.99. The molecule has 0 atom stereocenters. The molecule has 1 aliphatic rings. The normalized spacial score (nSPS) is 12.8.